The van der Waals surface area contributed by atoms with Crippen LogP contribution in [-0.2, 0) is 6.18 Å². The first-order chi connectivity index (χ1) is 19.6. The number of ether oxygens (including phenoxy) is 1. The lowest BCUT2D eigenvalue weighted by Crippen LogP contribution is -2.41. The minimum Gasteiger partial charge on any atom is -0.488 e. The molecular weight excluding hydrogens is 531 g/mol. The Labute approximate surface area is 236 Å². The molecule has 1 fully saturated rings. The molecule has 0 bridgehead atoms. The van der Waals surface area contributed by atoms with E-state index in [0.29, 0.717) is 18.2 Å². The van der Waals surface area contributed by atoms with Crippen molar-refractivity contribution in [1.29, 1.82) is 0 Å². The number of benzene rings is 3. The van der Waals surface area contributed by atoms with Crippen LogP contribution in [0.2, 0.25) is 0 Å². The number of anilines is 2. The molecule has 0 spiro atoms. The number of rotatable bonds is 7. The van der Waals surface area contributed by atoms with E-state index in [2.05, 4.69) is 32.4 Å². The van der Waals surface area contributed by atoms with Gasteiger partial charge in [0.1, 0.15) is 11.9 Å². The van der Waals surface area contributed by atoms with Crippen molar-refractivity contribution in [2.75, 3.05) is 37.3 Å². The molecular formula is C31H32F3N5O2. The topological polar surface area (TPSA) is 79.4 Å². The zero-order valence-electron chi connectivity index (χ0n) is 23.2. The van der Waals surface area contributed by atoms with E-state index in [1.165, 1.54) is 6.07 Å². The number of nitrogens with zero attached hydrogens (tertiary/aromatic N) is 3. The largest absolute Gasteiger partial charge is 0.488 e. The SMILES string of the molecule is CCN1CCC[C@@H](Oc2ccc(C(F)(F)F)cc2C(=O)Nc2ccc(C)c(-c3ccc4nc(NC)ncc4c3)c2)C1. The van der Waals surface area contributed by atoms with Crippen molar-refractivity contribution in [2.24, 2.45) is 0 Å². The van der Waals surface area contributed by atoms with E-state index in [-0.39, 0.29) is 17.4 Å². The van der Waals surface area contributed by atoms with Crippen LogP contribution in [0.25, 0.3) is 22.0 Å². The third-order valence-electron chi connectivity index (χ3n) is 7.36. The maximum atomic E-state index is 13.6. The first-order valence-corrected chi connectivity index (χ1v) is 13.6. The Morgan fingerprint density at radius 1 is 1.12 bits per heavy atom. The molecule has 1 amide bonds. The molecule has 1 atom stereocenters. The zero-order valence-corrected chi connectivity index (χ0v) is 23.2. The van der Waals surface area contributed by atoms with Gasteiger partial charge in [0.15, 0.2) is 0 Å². The fourth-order valence-electron chi connectivity index (χ4n) is 5.09. The van der Waals surface area contributed by atoms with Crippen molar-refractivity contribution < 1.29 is 22.7 Å². The summed E-state index contributed by atoms with van der Waals surface area (Å²) in [7, 11) is 1.75. The summed E-state index contributed by atoms with van der Waals surface area (Å²) in [4.78, 5) is 24.4. The van der Waals surface area contributed by atoms with E-state index >= 15 is 0 Å². The van der Waals surface area contributed by atoms with Gasteiger partial charge in [-0.05, 0) is 92.0 Å². The number of carbonyl (C=O) groups is 1. The molecule has 1 saturated heterocycles. The zero-order chi connectivity index (χ0) is 29.1. The predicted octanol–water partition coefficient (Wildman–Crippen LogP) is 6.78. The maximum absolute atomic E-state index is 13.6. The van der Waals surface area contributed by atoms with Gasteiger partial charge in [-0.25, -0.2) is 9.97 Å². The number of aryl methyl sites for hydroxylation is 1. The van der Waals surface area contributed by atoms with Crippen LogP contribution in [0.3, 0.4) is 0 Å². The Bertz CT molecular complexity index is 1570. The molecule has 5 rings (SSSR count). The Kier molecular flexibility index (Phi) is 8.12. The third-order valence-corrected chi connectivity index (χ3v) is 7.36. The molecule has 0 unspecified atom stereocenters. The number of piperidine rings is 1. The van der Waals surface area contributed by atoms with Gasteiger partial charge in [0, 0.05) is 30.9 Å². The maximum Gasteiger partial charge on any atom is 0.416 e. The van der Waals surface area contributed by atoms with E-state index in [1.54, 1.807) is 19.3 Å². The van der Waals surface area contributed by atoms with Gasteiger partial charge in [0.25, 0.3) is 5.91 Å². The summed E-state index contributed by atoms with van der Waals surface area (Å²) >= 11 is 0. The minimum absolute atomic E-state index is 0.140. The Hall–Kier alpha value is -4.18. The molecule has 0 saturated carbocycles. The second-order valence-electron chi connectivity index (χ2n) is 10.2. The molecule has 3 aromatic carbocycles. The average molecular weight is 564 g/mol. The number of alkyl halides is 3. The molecule has 214 valence electrons. The number of hydrogen-bond donors (Lipinski definition) is 2. The first-order valence-electron chi connectivity index (χ1n) is 13.6. The second kappa shape index (κ2) is 11.7. The summed E-state index contributed by atoms with van der Waals surface area (Å²) in [5.74, 6) is -0.00733. The second-order valence-corrected chi connectivity index (χ2v) is 10.2. The highest BCUT2D eigenvalue weighted by Crippen LogP contribution is 2.35. The minimum atomic E-state index is -4.60. The molecule has 4 aromatic rings. The van der Waals surface area contributed by atoms with Crippen LogP contribution < -0.4 is 15.4 Å². The van der Waals surface area contributed by atoms with Crippen LogP contribution in [0.15, 0.2) is 60.8 Å². The predicted molar refractivity (Wildman–Crippen MR) is 154 cm³/mol. The van der Waals surface area contributed by atoms with Gasteiger partial charge in [-0.3, -0.25) is 9.69 Å². The van der Waals surface area contributed by atoms with Crippen LogP contribution >= 0.6 is 0 Å². The fraction of sp³-hybridized carbons (Fsp3) is 0.323. The molecule has 0 radical (unpaired) electrons. The van der Waals surface area contributed by atoms with Gasteiger partial charge < -0.3 is 15.4 Å². The van der Waals surface area contributed by atoms with Crippen LogP contribution in [0.1, 0.15) is 41.3 Å². The average Bonchev–Trinajstić information content (AvgIpc) is 2.97. The van der Waals surface area contributed by atoms with E-state index in [9.17, 15) is 18.0 Å². The summed E-state index contributed by atoms with van der Waals surface area (Å²) < 4.78 is 46.9. The van der Waals surface area contributed by atoms with E-state index in [4.69, 9.17) is 4.74 Å². The highest BCUT2D eigenvalue weighted by atomic mass is 19.4. The number of amides is 1. The fourth-order valence-corrected chi connectivity index (χ4v) is 5.09. The standard InChI is InChI=1S/C31H32F3N5O2/c1-4-39-13-5-6-24(18-39)41-28-12-9-22(31(32,33)34)15-26(28)29(40)37-23-10-7-19(2)25(16-23)20-8-11-27-21(14-20)17-36-30(35-3)38-27/h7-12,14-17,24H,4-6,13,18H2,1-3H3,(H,37,40)(H,35,36,38)/t24-/m1/s1. The van der Waals surface area contributed by atoms with Crippen molar-refractivity contribution in [2.45, 2.75) is 39.0 Å². The Morgan fingerprint density at radius 3 is 2.71 bits per heavy atom. The first kappa shape index (κ1) is 28.4. The molecule has 2 N–H and O–H groups in total. The van der Waals surface area contributed by atoms with Gasteiger partial charge in [0.2, 0.25) is 5.95 Å². The Balaban J connectivity index is 1.44. The normalized spacial score (nSPS) is 16.0. The Morgan fingerprint density at radius 2 is 1.95 bits per heavy atom. The number of hydrogen-bond acceptors (Lipinski definition) is 6. The van der Waals surface area contributed by atoms with Crippen molar-refractivity contribution in [3.05, 3.63) is 77.5 Å². The van der Waals surface area contributed by atoms with Gasteiger partial charge in [-0.1, -0.05) is 19.1 Å². The highest BCUT2D eigenvalue weighted by Gasteiger charge is 2.33. The molecule has 1 aromatic heterocycles. The quantitative estimate of drug-likeness (QED) is 0.258. The van der Waals surface area contributed by atoms with E-state index in [0.717, 1.165) is 65.7 Å². The van der Waals surface area contributed by atoms with Crippen LogP contribution in [-0.4, -0.2) is 53.6 Å². The number of halogens is 3. The molecule has 7 nitrogen and oxygen atoms in total. The summed E-state index contributed by atoms with van der Waals surface area (Å²) in [6.07, 6.45) is -1.38. The molecule has 1 aliphatic heterocycles. The molecule has 1 aliphatic rings. The van der Waals surface area contributed by atoms with Crippen LogP contribution in [0.4, 0.5) is 24.8 Å². The number of likely N-dealkylation sites (N-methyl/N-ethyl adjacent to an activating group) is 1. The number of fused-ring (bicyclic) bond motifs is 1. The smallest absolute Gasteiger partial charge is 0.416 e. The van der Waals surface area contributed by atoms with E-state index in [1.807, 2.05) is 37.3 Å². The number of aromatic nitrogens is 2. The van der Waals surface area contributed by atoms with Gasteiger partial charge in [-0.15, -0.1) is 0 Å². The lowest BCUT2D eigenvalue weighted by molar-refractivity contribution is -0.137. The number of carbonyl (C=O) groups excluding carboxylic acids is 1. The van der Waals surface area contributed by atoms with E-state index < -0.39 is 17.6 Å². The highest BCUT2D eigenvalue weighted by molar-refractivity contribution is 6.06. The van der Waals surface area contributed by atoms with Gasteiger partial charge >= 0.3 is 6.18 Å². The van der Waals surface area contributed by atoms with Gasteiger partial charge in [0.05, 0.1) is 16.6 Å². The lowest BCUT2D eigenvalue weighted by atomic mass is 9.98. The molecule has 2 heterocycles. The van der Waals surface area contributed by atoms with Gasteiger partial charge in [-0.2, -0.15) is 13.2 Å². The number of likely N-dealkylation sites (tertiary alicyclic amines) is 1. The van der Waals surface area contributed by atoms with Crippen molar-refractivity contribution in [3.8, 4) is 16.9 Å². The van der Waals surface area contributed by atoms with Crippen molar-refractivity contribution in [3.63, 3.8) is 0 Å². The van der Waals surface area contributed by atoms with Crippen molar-refractivity contribution >= 4 is 28.4 Å². The molecule has 41 heavy (non-hydrogen) atoms. The van der Waals surface area contributed by atoms with Crippen LogP contribution in [0.5, 0.6) is 5.75 Å². The number of nitrogens with one attached hydrogen (secondary N) is 2. The summed E-state index contributed by atoms with van der Waals surface area (Å²) in [5.41, 5.74) is 2.91. The molecule has 10 heteroatoms. The summed E-state index contributed by atoms with van der Waals surface area (Å²) in [6.45, 7) is 6.48. The van der Waals surface area contributed by atoms with Crippen LogP contribution in [0, 0.1) is 6.92 Å². The summed E-state index contributed by atoms with van der Waals surface area (Å²) in [5, 5.41) is 6.57. The van der Waals surface area contributed by atoms with Crippen molar-refractivity contribution in [1.82, 2.24) is 14.9 Å². The third kappa shape index (κ3) is 6.43. The molecule has 0 aliphatic carbocycles. The lowest BCUT2D eigenvalue weighted by Gasteiger charge is -2.32. The summed E-state index contributed by atoms with van der Waals surface area (Å²) in [6, 6.07) is 14.3. The monoisotopic (exact) mass is 563 g/mol.